The molecule has 4 heteroatoms. The Hall–Kier alpha value is -1.13. The van der Waals surface area contributed by atoms with Crippen LogP contribution in [0.25, 0.3) is 0 Å². The molecule has 4 nitrogen and oxygen atoms in total. The zero-order valence-electron chi connectivity index (χ0n) is 11.9. The minimum Gasteiger partial charge on any atom is -0.396 e. The molecule has 3 N–H and O–H groups in total. The lowest BCUT2D eigenvalue weighted by Gasteiger charge is -2.27. The monoisotopic (exact) mass is 263 g/mol. The van der Waals surface area contributed by atoms with Crippen LogP contribution in [-0.2, 0) is 19.4 Å². The van der Waals surface area contributed by atoms with Crippen molar-refractivity contribution in [2.45, 2.75) is 45.6 Å². The van der Waals surface area contributed by atoms with E-state index in [-0.39, 0.29) is 6.61 Å². The van der Waals surface area contributed by atoms with Crippen LogP contribution in [-0.4, -0.2) is 29.8 Å². The molecule has 1 aromatic rings. The lowest BCUT2D eigenvalue weighted by molar-refractivity contribution is 0.289. The number of nitrogens with zero attached hydrogens (tertiary/aromatic N) is 2. The van der Waals surface area contributed by atoms with Crippen LogP contribution in [0.1, 0.15) is 43.0 Å². The van der Waals surface area contributed by atoms with Gasteiger partial charge in [-0.3, -0.25) is 0 Å². The highest BCUT2D eigenvalue weighted by molar-refractivity contribution is 5.50. The van der Waals surface area contributed by atoms with Crippen molar-refractivity contribution in [3.8, 4) is 0 Å². The number of fused-ring (bicyclic) bond motifs is 1. The van der Waals surface area contributed by atoms with Crippen LogP contribution < -0.4 is 10.6 Å². The molecule has 0 saturated heterocycles. The summed E-state index contributed by atoms with van der Waals surface area (Å²) in [6.07, 6.45) is 5.50. The molecule has 0 fully saturated rings. The van der Waals surface area contributed by atoms with E-state index in [0.717, 1.165) is 43.7 Å². The molecule has 1 aromatic heterocycles. The van der Waals surface area contributed by atoms with E-state index in [4.69, 9.17) is 15.8 Å². The molecular formula is C15H25N3O. The summed E-state index contributed by atoms with van der Waals surface area (Å²) in [6.45, 7) is 4.62. The van der Waals surface area contributed by atoms with Crippen LogP contribution in [0.2, 0.25) is 0 Å². The van der Waals surface area contributed by atoms with E-state index in [1.807, 2.05) is 0 Å². The third kappa shape index (κ3) is 3.25. The van der Waals surface area contributed by atoms with E-state index >= 15 is 0 Å². The molecule has 0 spiro atoms. The number of rotatable bonds is 6. The molecule has 0 bridgehead atoms. The van der Waals surface area contributed by atoms with Crippen LogP contribution in [0, 0.1) is 0 Å². The molecule has 1 heterocycles. The van der Waals surface area contributed by atoms with Gasteiger partial charge in [-0.2, -0.15) is 0 Å². The van der Waals surface area contributed by atoms with Gasteiger partial charge in [0.25, 0.3) is 0 Å². The van der Waals surface area contributed by atoms with Crippen molar-refractivity contribution in [2.75, 3.05) is 24.6 Å². The number of nitrogens with two attached hydrogens (primary N) is 1. The molecular weight excluding hydrogens is 238 g/mol. The number of hydrogen-bond donors (Lipinski definition) is 2. The molecule has 19 heavy (non-hydrogen) atoms. The molecule has 1 aliphatic rings. The van der Waals surface area contributed by atoms with Gasteiger partial charge in [-0.1, -0.05) is 0 Å². The Morgan fingerprint density at radius 1 is 1.37 bits per heavy atom. The van der Waals surface area contributed by atoms with Crippen molar-refractivity contribution in [1.82, 2.24) is 4.98 Å². The second kappa shape index (κ2) is 6.87. The molecule has 0 aliphatic heterocycles. The zero-order chi connectivity index (χ0) is 13.7. The summed E-state index contributed by atoms with van der Waals surface area (Å²) in [5.41, 5.74) is 9.66. The van der Waals surface area contributed by atoms with Gasteiger partial charge in [0, 0.05) is 37.5 Å². The molecule has 2 rings (SSSR count). The van der Waals surface area contributed by atoms with Gasteiger partial charge in [0.05, 0.1) is 0 Å². The Kier molecular flexibility index (Phi) is 5.16. The predicted octanol–water partition coefficient (Wildman–Crippen LogP) is 1.63. The second-order valence-electron chi connectivity index (χ2n) is 5.14. The third-order valence-electron chi connectivity index (χ3n) is 3.84. The number of anilines is 1. The summed E-state index contributed by atoms with van der Waals surface area (Å²) in [5.74, 6) is 1.03. The van der Waals surface area contributed by atoms with Gasteiger partial charge in [0.1, 0.15) is 5.82 Å². The Morgan fingerprint density at radius 2 is 2.16 bits per heavy atom. The smallest absolute Gasteiger partial charge is 0.133 e. The summed E-state index contributed by atoms with van der Waals surface area (Å²) in [6, 6.07) is 2.25. The average molecular weight is 263 g/mol. The number of aromatic nitrogens is 1. The Labute approximate surface area is 115 Å². The normalized spacial score (nSPS) is 14.3. The van der Waals surface area contributed by atoms with Crippen molar-refractivity contribution in [3.05, 3.63) is 22.9 Å². The van der Waals surface area contributed by atoms with Crippen LogP contribution in [0.15, 0.2) is 6.07 Å². The highest BCUT2D eigenvalue weighted by Crippen LogP contribution is 2.26. The maximum absolute atomic E-state index is 9.00. The number of hydrogen-bond acceptors (Lipinski definition) is 4. The maximum atomic E-state index is 9.00. The van der Waals surface area contributed by atoms with E-state index in [1.54, 1.807) is 0 Å². The van der Waals surface area contributed by atoms with Crippen molar-refractivity contribution in [1.29, 1.82) is 0 Å². The standard InChI is InChI=1S/C15H25N3O/c1-2-18(8-5-9-19)15-13(11-16)10-12-6-3-4-7-14(12)17-15/h10,19H,2-9,11,16H2,1H3. The highest BCUT2D eigenvalue weighted by Gasteiger charge is 2.17. The Morgan fingerprint density at radius 3 is 2.84 bits per heavy atom. The van der Waals surface area contributed by atoms with Crippen LogP contribution >= 0.6 is 0 Å². The van der Waals surface area contributed by atoms with E-state index in [2.05, 4.69) is 17.9 Å². The summed E-state index contributed by atoms with van der Waals surface area (Å²) >= 11 is 0. The molecule has 106 valence electrons. The summed E-state index contributed by atoms with van der Waals surface area (Å²) in [5, 5.41) is 9.00. The molecule has 0 saturated carbocycles. The van der Waals surface area contributed by atoms with Crippen molar-refractivity contribution < 1.29 is 5.11 Å². The highest BCUT2D eigenvalue weighted by atomic mass is 16.3. The third-order valence-corrected chi connectivity index (χ3v) is 3.84. The fourth-order valence-corrected chi connectivity index (χ4v) is 2.77. The first kappa shape index (κ1) is 14.3. The Balaban J connectivity index is 2.31. The fraction of sp³-hybridized carbons (Fsp3) is 0.667. The molecule has 0 unspecified atom stereocenters. The van der Waals surface area contributed by atoms with Gasteiger partial charge in [0.15, 0.2) is 0 Å². The van der Waals surface area contributed by atoms with Gasteiger partial charge in [0.2, 0.25) is 0 Å². The van der Waals surface area contributed by atoms with E-state index in [9.17, 15) is 0 Å². The fourth-order valence-electron chi connectivity index (χ4n) is 2.77. The number of aryl methyl sites for hydroxylation is 2. The topological polar surface area (TPSA) is 62.4 Å². The summed E-state index contributed by atoms with van der Waals surface area (Å²) < 4.78 is 0. The van der Waals surface area contributed by atoms with Crippen molar-refractivity contribution in [3.63, 3.8) is 0 Å². The van der Waals surface area contributed by atoms with Crippen LogP contribution in [0.3, 0.4) is 0 Å². The van der Waals surface area contributed by atoms with Crippen LogP contribution in [0.5, 0.6) is 0 Å². The number of aliphatic hydroxyl groups is 1. The maximum Gasteiger partial charge on any atom is 0.133 e. The van der Waals surface area contributed by atoms with E-state index in [0.29, 0.717) is 6.54 Å². The van der Waals surface area contributed by atoms with E-state index in [1.165, 1.54) is 24.1 Å². The predicted molar refractivity (Wildman–Crippen MR) is 78.4 cm³/mol. The van der Waals surface area contributed by atoms with Crippen molar-refractivity contribution in [2.24, 2.45) is 5.73 Å². The first-order valence-corrected chi connectivity index (χ1v) is 7.37. The first-order valence-electron chi connectivity index (χ1n) is 7.37. The first-order chi connectivity index (χ1) is 9.30. The van der Waals surface area contributed by atoms with Gasteiger partial charge in [-0.15, -0.1) is 0 Å². The van der Waals surface area contributed by atoms with Gasteiger partial charge in [-0.25, -0.2) is 4.98 Å². The van der Waals surface area contributed by atoms with Gasteiger partial charge in [-0.05, 0) is 50.7 Å². The minimum absolute atomic E-state index is 0.222. The minimum atomic E-state index is 0.222. The van der Waals surface area contributed by atoms with Gasteiger partial charge < -0.3 is 15.7 Å². The number of pyridine rings is 1. The zero-order valence-corrected chi connectivity index (χ0v) is 11.9. The van der Waals surface area contributed by atoms with Crippen molar-refractivity contribution >= 4 is 5.82 Å². The molecule has 0 amide bonds. The molecule has 0 radical (unpaired) electrons. The lowest BCUT2D eigenvalue weighted by atomic mass is 9.94. The van der Waals surface area contributed by atoms with E-state index < -0.39 is 0 Å². The molecule has 0 atom stereocenters. The quantitative estimate of drug-likeness (QED) is 0.819. The van der Waals surface area contributed by atoms with Gasteiger partial charge >= 0.3 is 0 Å². The molecule has 0 aromatic carbocycles. The Bertz CT molecular complexity index is 420. The SMILES string of the molecule is CCN(CCCO)c1nc2c(cc1CN)CCCC2. The molecule has 1 aliphatic carbocycles. The second-order valence-corrected chi connectivity index (χ2v) is 5.14. The van der Waals surface area contributed by atoms with Crippen LogP contribution in [0.4, 0.5) is 5.82 Å². The number of aliphatic hydroxyl groups excluding tert-OH is 1. The summed E-state index contributed by atoms with van der Waals surface area (Å²) in [4.78, 5) is 7.10. The largest absolute Gasteiger partial charge is 0.396 e. The summed E-state index contributed by atoms with van der Waals surface area (Å²) in [7, 11) is 0. The lowest BCUT2D eigenvalue weighted by Crippen LogP contribution is -2.28. The average Bonchev–Trinajstić information content (AvgIpc) is 2.47.